The Bertz CT molecular complexity index is 929. The fourth-order valence-electron chi connectivity index (χ4n) is 3.30. The maximum atomic E-state index is 12.8. The number of hydrogen-bond donors (Lipinski definition) is 1. The minimum atomic E-state index is -0.122. The van der Waals surface area contributed by atoms with Gasteiger partial charge in [0.05, 0.1) is 24.0 Å². The van der Waals surface area contributed by atoms with E-state index in [0.717, 1.165) is 34.6 Å². The Labute approximate surface area is 160 Å². The number of amides is 1. The van der Waals surface area contributed by atoms with Crippen LogP contribution in [0.5, 0.6) is 0 Å². The van der Waals surface area contributed by atoms with Crippen molar-refractivity contribution in [1.82, 2.24) is 9.78 Å². The fourth-order valence-corrected chi connectivity index (χ4v) is 3.30. The number of carbonyl (C=O) groups excluding carboxylic acids is 1. The lowest BCUT2D eigenvalue weighted by atomic mass is 10.1. The molecule has 0 aliphatic rings. The van der Waals surface area contributed by atoms with Gasteiger partial charge in [-0.1, -0.05) is 37.3 Å². The molecule has 0 spiro atoms. The maximum absolute atomic E-state index is 12.8. The van der Waals surface area contributed by atoms with E-state index in [1.165, 1.54) is 0 Å². The van der Waals surface area contributed by atoms with Crippen LogP contribution in [0.1, 0.15) is 34.1 Å². The van der Waals surface area contributed by atoms with Crippen molar-refractivity contribution in [2.75, 3.05) is 24.3 Å². The van der Waals surface area contributed by atoms with Crippen molar-refractivity contribution >= 4 is 17.3 Å². The second-order valence-corrected chi connectivity index (χ2v) is 6.85. The van der Waals surface area contributed by atoms with Gasteiger partial charge in [0.15, 0.2) is 0 Å². The molecule has 0 saturated heterocycles. The number of aromatic nitrogens is 2. The van der Waals surface area contributed by atoms with Crippen LogP contribution < -0.4 is 10.2 Å². The molecule has 0 unspecified atom stereocenters. The molecule has 1 amide bonds. The third kappa shape index (κ3) is 4.19. The molecule has 0 bridgehead atoms. The Morgan fingerprint density at radius 1 is 1.15 bits per heavy atom. The second-order valence-electron chi connectivity index (χ2n) is 6.85. The molecular formula is C22H26N4O. The van der Waals surface area contributed by atoms with Crippen LogP contribution in [0.2, 0.25) is 0 Å². The first-order chi connectivity index (χ1) is 13.0. The quantitative estimate of drug-likeness (QED) is 0.718. The molecule has 1 aromatic heterocycles. The number of rotatable bonds is 6. The van der Waals surface area contributed by atoms with Crippen molar-refractivity contribution in [3.8, 4) is 0 Å². The molecule has 0 fully saturated rings. The van der Waals surface area contributed by atoms with Crippen LogP contribution in [-0.4, -0.2) is 29.8 Å². The van der Waals surface area contributed by atoms with Crippen LogP contribution in [0.3, 0.4) is 0 Å². The normalized spacial score (nSPS) is 10.7. The van der Waals surface area contributed by atoms with E-state index < -0.39 is 0 Å². The van der Waals surface area contributed by atoms with Crippen LogP contribution in [-0.2, 0) is 13.0 Å². The molecule has 0 atom stereocenters. The number of carbonyl (C=O) groups is 1. The Balaban J connectivity index is 1.80. The molecule has 0 radical (unpaired) electrons. The van der Waals surface area contributed by atoms with E-state index in [0.29, 0.717) is 12.1 Å². The molecule has 2 aromatic carbocycles. The van der Waals surface area contributed by atoms with Crippen molar-refractivity contribution in [3.63, 3.8) is 0 Å². The minimum Gasteiger partial charge on any atom is -0.377 e. The van der Waals surface area contributed by atoms with E-state index in [9.17, 15) is 4.79 Å². The highest BCUT2D eigenvalue weighted by molar-refractivity contribution is 6.05. The molecular weight excluding hydrogens is 336 g/mol. The topological polar surface area (TPSA) is 50.2 Å². The lowest BCUT2D eigenvalue weighted by Gasteiger charge is -2.16. The number of anilines is 2. The van der Waals surface area contributed by atoms with E-state index in [2.05, 4.69) is 27.4 Å². The zero-order valence-electron chi connectivity index (χ0n) is 16.4. The largest absolute Gasteiger partial charge is 0.377 e. The Morgan fingerprint density at radius 2 is 1.89 bits per heavy atom. The smallest absolute Gasteiger partial charge is 0.259 e. The van der Waals surface area contributed by atoms with Crippen LogP contribution >= 0.6 is 0 Å². The summed E-state index contributed by atoms with van der Waals surface area (Å²) in [5.74, 6) is -0.122. The van der Waals surface area contributed by atoms with Gasteiger partial charge in [-0.3, -0.25) is 9.48 Å². The highest BCUT2D eigenvalue weighted by atomic mass is 16.1. The van der Waals surface area contributed by atoms with Crippen molar-refractivity contribution in [1.29, 1.82) is 0 Å². The number of aryl methyl sites for hydroxylation is 1. The summed E-state index contributed by atoms with van der Waals surface area (Å²) in [5, 5.41) is 7.46. The van der Waals surface area contributed by atoms with E-state index >= 15 is 0 Å². The van der Waals surface area contributed by atoms with Crippen LogP contribution in [0.15, 0.2) is 54.7 Å². The van der Waals surface area contributed by atoms with Gasteiger partial charge in [-0.25, -0.2) is 0 Å². The molecule has 5 nitrogen and oxygen atoms in total. The average Bonchev–Trinajstić information content (AvgIpc) is 3.05. The van der Waals surface area contributed by atoms with E-state index in [1.54, 1.807) is 6.20 Å². The predicted molar refractivity (Wildman–Crippen MR) is 111 cm³/mol. The summed E-state index contributed by atoms with van der Waals surface area (Å²) in [6.07, 6.45) is 2.41. The summed E-state index contributed by atoms with van der Waals surface area (Å²) < 4.78 is 1.91. The summed E-state index contributed by atoms with van der Waals surface area (Å²) in [6.45, 7) is 4.75. The van der Waals surface area contributed by atoms with Crippen molar-refractivity contribution in [3.05, 3.63) is 77.1 Å². The minimum absolute atomic E-state index is 0.122. The summed E-state index contributed by atoms with van der Waals surface area (Å²) in [7, 11) is 4.02. The molecule has 0 saturated carbocycles. The molecule has 1 heterocycles. The molecule has 0 aliphatic heterocycles. The lowest BCUT2D eigenvalue weighted by Crippen LogP contribution is -2.15. The molecule has 3 aromatic rings. The van der Waals surface area contributed by atoms with Crippen LogP contribution in [0.25, 0.3) is 0 Å². The summed E-state index contributed by atoms with van der Waals surface area (Å²) in [4.78, 5) is 14.9. The van der Waals surface area contributed by atoms with Gasteiger partial charge in [0.2, 0.25) is 0 Å². The molecule has 27 heavy (non-hydrogen) atoms. The highest BCUT2D eigenvalue weighted by Gasteiger charge is 2.17. The SMILES string of the molecule is CCc1c(C(=O)Nc2ccc(N(C)C)c(C)c2)cnn1Cc1ccccc1. The first-order valence-corrected chi connectivity index (χ1v) is 9.17. The van der Waals surface area contributed by atoms with E-state index in [-0.39, 0.29) is 5.91 Å². The monoisotopic (exact) mass is 362 g/mol. The molecule has 1 N–H and O–H groups in total. The number of benzene rings is 2. The van der Waals surface area contributed by atoms with Crippen LogP contribution in [0, 0.1) is 6.92 Å². The van der Waals surface area contributed by atoms with Crippen molar-refractivity contribution in [2.24, 2.45) is 0 Å². The van der Waals surface area contributed by atoms with Gasteiger partial charge in [0.1, 0.15) is 0 Å². The fraction of sp³-hybridized carbons (Fsp3) is 0.273. The van der Waals surface area contributed by atoms with Gasteiger partial charge in [-0.2, -0.15) is 5.10 Å². The Hall–Kier alpha value is -3.08. The van der Waals surface area contributed by atoms with Gasteiger partial charge >= 0.3 is 0 Å². The zero-order chi connectivity index (χ0) is 19.4. The van der Waals surface area contributed by atoms with Crippen molar-refractivity contribution in [2.45, 2.75) is 26.8 Å². The van der Waals surface area contributed by atoms with Crippen molar-refractivity contribution < 1.29 is 4.79 Å². The highest BCUT2D eigenvalue weighted by Crippen LogP contribution is 2.22. The van der Waals surface area contributed by atoms with Gasteiger partial charge in [0.25, 0.3) is 5.91 Å². The summed E-state index contributed by atoms with van der Waals surface area (Å²) >= 11 is 0. The third-order valence-corrected chi connectivity index (χ3v) is 4.64. The molecule has 140 valence electrons. The van der Waals surface area contributed by atoms with Gasteiger partial charge < -0.3 is 10.2 Å². The molecule has 0 aliphatic carbocycles. The maximum Gasteiger partial charge on any atom is 0.259 e. The Kier molecular flexibility index (Phi) is 5.60. The molecule has 3 rings (SSSR count). The van der Waals surface area contributed by atoms with Gasteiger partial charge in [-0.05, 0) is 42.7 Å². The first-order valence-electron chi connectivity index (χ1n) is 9.17. The van der Waals surface area contributed by atoms with E-state index in [1.807, 2.05) is 69.0 Å². The first kappa shape index (κ1) is 18.7. The number of hydrogen-bond acceptors (Lipinski definition) is 3. The Morgan fingerprint density at radius 3 is 2.52 bits per heavy atom. The predicted octanol–water partition coefficient (Wildman–Crippen LogP) is 4.12. The van der Waals surface area contributed by atoms with Gasteiger partial charge in [-0.15, -0.1) is 0 Å². The summed E-state index contributed by atoms with van der Waals surface area (Å²) in [6, 6.07) is 16.1. The van der Waals surface area contributed by atoms with E-state index in [4.69, 9.17) is 0 Å². The third-order valence-electron chi connectivity index (χ3n) is 4.64. The van der Waals surface area contributed by atoms with Gasteiger partial charge in [0, 0.05) is 25.5 Å². The van der Waals surface area contributed by atoms with Crippen LogP contribution in [0.4, 0.5) is 11.4 Å². The lowest BCUT2D eigenvalue weighted by molar-refractivity contribution is 0.102. The average molecular weight is 362 g/mol. The number of nitrogens with zero attached hydrogens (tertiary/aromatic N) is 3. The molecule has 5 heteroatoms. The standard InChI is InChI=1S/C22H26N4O/c1-5-20-19(14-23-26(20)15-17-9-7-6-8-10-17)22(27)24-18-11-12-21(25(3)4)16(2)13-18/h6-14H,5,15H2,1-4H3,(H,24,27). The second kappa shape index (κ2) is 8.08. The zero-order valence-corrected chi connectivity index (χ0v) is 16.4. The summed E-state index contributed by atoms with van der Waals surface area (Å²) in [5.41, 5.74) is 5.78. The number of nitrogens with one attached hydrogen (secondary N) is 1.